The molecule has 0 N–H and O–H groups in total. The van der Waals surface area contributed by atoms with Crippen molar-refractivity contribution in [2.24, 2.45) is 0 Å². The maximum absolute atomic E-state index is 10.8. The van der Waals surface area contributed by atoms with Crippen molar-refractivity contribution < 1.29 is 9.53 Å². The van der Waals surface area contributed by atoms with Gasteiger partial charge in [0, 0.05) is 19.2 Å². The highest BCUT2D eigenvalue weighted by Crippen LogP contribution is 2.16. The van der Waals surface area contributed by atoms with Crippen LogP contribution in [-0.4, -0.2) is 25.7 Å². The summed E-state index contributed by atoms with van der Waals surface area (Å²) in [6, 6.07) is 9.70. The Morgan fingerprint density at radius 3 is 2.65 bits per heavy atom. The van der Waals surface area contributed by atoms with Crippen LogP contribution in [0.2, 0.25) is 0 Å². The van der Waals surface area contributed by atoms with Crippen molar-refractivity contribution in [3.8, 4) is 6.07 Å². The Kier molecular flexibility index (Phi) is 7.68. The van der Waals surface area contributed by atoms with Gasteiger partial charge in [-0.05, 0) is 30.7 Å². The number of anilines is 1. The quantitative estimate of drug-likeness (QED) is 0.335. The van der Waals surface area contributed by atoms with Crippen molar-refractivity contribution in [3.05, 3.63) is 59.1 Å². The van der Waals surface area contributed by atoms with Gasteiger partial charge in [0.25, 0.3) is 5.70 Å². The minimum atomic E-state index is -0.272. The number of hydrogen-bond acceptors (Lipinski definition) is 4. The third-order valence-corrected chi connectivity index (χ3v) is 3.08. The monoisotopic (exact) mass is 309 g/mol. The Hall–Kier alpha value is -3.05. The maximum atomic E-state index is 10.8. The van der Waals surface area contributed by atoms with Crippen LogP contribution in [0.3, 0.4) is 0 Å². The molecule has 0 saturated carbocycles. The fourth-order valence-electron chi connectivity index (χ4n) is 1.92. The normalized spacial score (nSPS) is 10.9. The van der Waals surface area contributed by atoms with Crippen molar-refractivity contribution in [2.75, 3.05) is 24.6 Å². The number of nitrogens with zero attached hydrogens (tertiary/aromatic N) is 3. The van der Waals surface area contributed by atoms with E-state index < -0.39 is 0 Å². The third-order valence-electron chi connectivity index (χ3n) is 3.08. The molecule has 0 fully saturated rings. The first-order valence-corrected chi connectivity index (χ1v) is 7.25. The fourth-order valence-corrected chi connectivity index (χ4v) is 1.92. The first kappa shape index (κ1) is 18.0. The first-order chi connectivity index (χ1) is 11.1. The predicted molar refractivity (Wildman–Crippen MR) is 90.3 cm³/mol. The molecule has 0 aromatic heterocycles. The molecule has 0 spiro atoms. The summed E-state index contributed by atoms with van der Waals surface area (Å²) in [6.45, 7) is 12.0. The summed E-state index contributed by atoms with van der Waals surface area (Å²) in [5.41, 5.74) is 2.08. The lowest BCUT2D eigenvalue weighted by molar-refractivity contribution is -0.140. The van der Waals surface area contributed by atoms with E-state index in [-0.39, 0.29) is 11.7 Å². The van der Waals surface area contributed by atoms with Crippen molar-refractivity contribution in [2.45, 2.75) is 13.8 Å². The molecule has 5 heteroatoms. The molecule has 5 nitrogen and oxygen atoms in total. The molecule has 0 heterocycles. The number of hydrogen-bond donors (Lipinski definition) is 0. The molecule has 0 aliphatic heterocycles. The van der Waals surface area contributed by atoms with Gasteiger partial charge in [0.15, 0.2) is 0 Å². The number of nitriles is 1. The number of esters is 1. The Labute approximate surface area is 136 Å². The van der Waals surface area contributed by atoms with Crippen LogP contribution in [0.15, 0.2) is 42.1 Å². The van der Waals surface area contributed by atoms with Crippen LogP contribution in [0.4, 0.5) is 5.69 Å². The number of likely N-dealkylation sites (N-methyl/N-ethyl adjacent to an activating group) is 1. The Morgan fingerprint density at radius 2 is 2.13 bits per heavy atom. The lowest BCUT2D eigenvalue weighted by atomic mass is 10.1. The third kappa shape index (κ3) is 6.50. The molecule has 23 heavy (non-hydrogen) atoms. The lowest BCUT2D eigenvalue weighted by Crippen LogP contribution is -2.27. The highest BCUT2D eigenvalue weighted by atomic mass is 16.5. The minimum Gasteiger partial charge on any atom is -0.464 e. The summed E-state index contributed by atoms with van der Waals surface area (Å²) in [5, 5.41) is 8.65. The van der Waals surface area contributed by atoms with Crippen molar-refractivity contribution in [1.82, 2.24) is 0 Å². The van der Waals surface area contributed by atoms with Crippen LogP contribution in [0.5, 0.6) is 0 Å². The molecule has 1 aromatic carbocycles. The highest BCUT2D eigenvalue weighted by molar-refractivity contribution is 5.66. The second-order valence-electron chi connectivity index (χ2n) is 4.65. The SMILES string of the molecule is [C-]#[N+]/C(C#N)=C\C=C\c1ccc(N(CC)CCOC(C)=O)cc1. The van der Waals surface area contributed by atoms with E-state index in [1.54, 1.807) is 6.08 Å². The van der Waals surface area contributed by atoms with Gasteiger partial charge in [0.05, 0.1) is 19.2 Å². The van der Waals surface area contributed by atoms with Gasteiger partial charge in [-0.15, -0.1) is 0 Å². The van der Waals surface area contributed by atoms with E-state index in [2.05, 4.69) is 9.74 Å². The molecule has 0 amide bonds. The summed E-state index contributed by atoms with van der Waals surface area (Å²) in [4.78, 5) is 16.0. The fraction of sp³-hybridized carbons (Fsp3) is 0.278. The number of benzene rings is 1. The van der Waals surface area contributed by atoms with Gasteiger partial charge in [-0.25, -0.2) is 10.1 Å². The lowest BCUT2D eigenvalue weighted by Gasteiger charge is -2.22. The molecule has 1 aromatic rings. The Balaban J connectivity index is 2.69. The standard InChI is InChI=1S/C18H19N3O2/c1-4-21(12-13-23-15(2)22)18-10-8-16(9-11-18)6-5-7-17(14-19)20-3/h5-11H,4,12-13H2,1-2H3/b6-5+,17-7-. The van der Waals surface area contributed by atoms with Crippen LogP contribution in [0.1, 0.15) is 19.4 Å². The average Bonchev–Trinajstić information content (AvgIpc) is 2.56. The molecule has 0 bridgehead atoms. The number of carbonyl (C=O) groups is 1. The van der Waals surface area contributed by atoms with Crippen LogP contribution < -0.4 is 4.90 Å². The molecule has 0 radical (unpaired) electrons. The smallest absolute Gasteiger partial charge is 0.302 e. The van der Waals surface area contributed by atoms with Gasteiger partial charge in [0.1, 0.15) is 6.61 Å². The maximum Gasteiger partial charge on any atom is 0.302 e. The van der Waals surface area contributed by atoms with Gasteiger partial charge in [-0.1, -0.05) is 24.3 Å². The summed E-state index contributed by atoms with van der Waals surface area (Å²) < 4.78 is 4.97. The van der Waals surface area contributed by atoms with E-state index in [1.807, 2.05) is 43.3 Å². The zero-order chi connectivity index (χ0) is 17.1. The molecule has 118 valence electrons. The molecule has 0 aliphatic carbocycles. The summed E-state index contributed by atoms with van der Waals surface area (Å²) >= 11 is 0. The van der Waals surface area contributed by atoms with E-state index in [0.717, 1.165) is 17.8 Å². The van der Waals surface area contributed by atoms with E-state index >= 15 is 0 Å². The van der Waals surface area contributed by atoms with Crippen LogP contribution in [-0.2, 0) is 9.53 Å². The largest absolute Gasteiger partial charge is 0.464 e. The van der Waals surface area contributed by atoms with E-state index in [4.69, 9.17) is 16.6 Å². The molecule has 0 saturated heterocycles. The molecule has 0 atom stereocenters. The van der Waals surface area contributed by atoms with Crippen LogP contribution in [0.25, 0.3) is 10.9 Å². The Morgan fingerprint density at radius 1 is 1.43 bits per heavy atom. The number of rotatable bonds is 7. The average molecular weight is 309 g/mol. The zero-order valence-electron chi connectivity index (χ0n) is 13.3. The first-order valence-electron chi connectivity index (χ1n) is 7.25. The molecule has 0 unspecified atom stereocenters. The van der Waals surface area contributed by atoms with Crippen LogP contribution in [0, 0.1) is 17.9 Å². The van der Waals surface area contributed by atoms with E-state index in [0.29, 0.717) is 13.2 Å². The van der Waals surface area contributed by atoms with Gasteiger partial charge < -0.3 is 9.64 Å². The summed E-state index contributed by atoms with van der Waals surface area (Å²) in [6.07, 6.45) is 5.00. The van der Waals surface area contributed by atoms with E-state index in [9.17, 15) is 4.79 Å². The number of allylic oxidation sites excluding steroid dienone is 3. The highest BCUT2D eigenvalue weighted by Gasteiger charge is 2.04. The van der Waals surface area contributed by atoms with E-state index in [1.165, 1.54) is 13.0 Å². The van der Waals surface area contributed by atoms with Crippen LogP contribution >= 0.6 is 0 Å². The predicted octanol–water partition coefficient (Wildman–Crippen LogP) is 3.42. The van der Waals surface area contributed by atoms with Crippen molar-refractivity contribution in [1.29, 1.82) is 5.26 Å². The second kappa shape index (κ2) is 9.81. The Bertz CT molecular complexity index is 645. The molecule has 0 aliphatic rings. The van der Waals surface area contributed by atoms with Gasteiger partial charge in [-0.3, -0.25) is 4.79 Å². The van der Waals surface area contributed by atoms with Gasteiger partial charge >= 0.3 is 5.97 Å². The van der Waals surface area contributed by atoms with Crippen molar-refractivity contribution in [3.63, 3.8) is 0 Å². The molecular weight excluding hydrogens is 290 g/mol. The molecule has 1 rings (SSSR count). The molecular formula is C18H19N3O2. The number of carbonyl (C=O) groups excluding carboxylic acids is 1. The minimum absolute atomic E-state index is 0.0560. The van der Waals surface area contributed by atoms with Crippen molar-refractivity contribution >= 4 is 17.7 Å². The summed E-state index contributed by atoms with van der Waals surface area (Å²) in [5.74, 6) is -0.272. The zero-order valence-corrected chi connectivity index (χ0v) is 13.3. The topological polar surface area (TPSA) is 57.7 Å². The summed E-state index contributed by atoms with van der Waals surface area (Å²) in [7, 11) is 0. The van der Waals surface area contributed by atoms with Gasteiger partial charge in [-0.2, -0.15) is 0 Å². The second-order valence-corrected chi connectivity index (χ2v) is 4.65. The van der Waals surface area contributed by atoms with Gasteiger partial charge in [0.2, 0.25) is 0 Å². The number of ether oxygens (including phenoxy) is 1.